The van der Waals surface area contributed by atoms with Crippen molar-refractivity contribution in [2.45, 2.75) is 45.6 Å². The average Bonchev–Trinajstić information content (AvgIpc) is 3.45. The molecule has 4 aromatic heterocycles. The van der Waals surface area contributed by atoms with Gasteiger partial charge in [-0.25, -0.2) is 4.98 Å². The van der Waals surface area contributed by atoms with E-state index in [4.69, 9.17) is 16.0 Å². The lowest BCUT2D eigenvalue weighted by Crippen LogP contribution is -2.50. The van der Waals surface area contributed by atoms with Crippen LogP contribution in [0.15, 0.2) is 120 Å². The van der Waals surface area contributed by atoms with Crippen LogP contribution >= 0.6 is 0 Å². The fraction of sp³-hybridized carbons (Fsp3) is 0.167. The summed E-state index contributed by atoms with van der Waals surface area (Å²) in [6.07, 6.45) is 6.33. The lowest BCUT2D eigenvalue weighted by molar-refractivity contribution is -0.720. The molecule has 2 aliphatic rings. The van der Waals surface area contributed by atoms with Crippen molar-refractivity contribution in [2.75, 3.05) is 0 Å². The average molecular weight is 598 g/mol. The van der Waals surface area contributed by atoms with Crippen LogP contribution < -0.4 is 9.13 Å². The van der Waals surface area contributed by atoms with E-state index in [0.29, 0.717) is 5.71 Å². The van der Waals surface area contributed by atoms with Crippen LogP contribution in [0.5, 0.6) is 0 Å². The van der Waals surface area contributed by atoms with E-state index in [2.05, 4.69) is 139 Å². The predicted molar refractivity (Wildman–Crippen MR) is 184 cm³/mol. The van der Waals surface area contributed by atoms with E-state index in [1.807, 2.05) is 0 Å². The molecular formula is C42H35N3O+2. The van der Waals surface area contributed by atoms with Gasteiger partial charge in [0, 0.05) is 47.0 Å². The summed E-state index contributed by atoms with van der Waals surface area (Å²) in [6.45, 7) is 11.3. The first-order chi connectivity index (χ1) is 22.5. The first kappa shape index (κ1) is 27.0. The Balaban J connectivity index is 1.30. The monoisotopic (exact) mass is 597 g/mol. The summed E-state index contributed by atoms with van der Waals surface area (Å²) < 4.78 is 11.6. The molecule has 0 bridgehead atoms. The number of nitrogens with zero attached hydrogens (tertiary/aromatic N) is 3. The van der Waals surface area contributed by atoms with Gasteiger partial charge in [0.15, 0.2) is 29.7 Å². The molecule has 46 heavy (non-hydrogen) atoms. The first-order valence-electron chi connectivity index (χ1n) is 16.2. The standard InChI is InChI=1S/C42H35N3O/c1-25-21-23-44-28(4)39-31-13-6-5-12-30(31)35-14-7-8-22-45(35)36(39)20-16-29-15-17-32-33-18-19-34(38-26(2)10-9-11-27(38)3)43-42(33)46-41(32)40(29)37(44)24-25/h5-15,17-19,21-24,36,39H,4,16,20H2,1-3H3/q+2. The van der Waals surface area contributed by atoms with Crippen LogP contribution in [0.3, 0.4) is 0 Å². The summed E-state index contributed by atoms with van der Waals surface area (Å²) in [6, 6.07) is 35.4. The summed E-state index contributed by atoms with van der Waals surface area (Å²) in [4.78, 5) is 5.12. The number of hydrogen-bond acceptors (Lipinski definition) is 2. The number of fused-ring (bicyclic) bond motifs is 13. The molecule has 2 atom stereocenters. The zero-order valence-corrected chi connectivity index (χ0v) is 26.4. The van der Waals surface area contributed by atoms with E-state index in [-0.39, 0.29) is 12.0 Å². The van der Waals surface area contributed by atoms with Crippen molar-refractivity contribution in [3.05, 3.63) is 144 Å². The molecule has 9 rings (SSSR count). The normalized spacial score (nSPS) is 16.9. The molecule has 7 aromatic rings. The van der Waals surface area contributed by atoms with Gasteiger partial charge in [-0.3, -0.25) is 0 Å². The van der Waals surface area contributed by atoms with E-state index >= 15 is 0 Å². The molecule has 2 aliphatic heterocycles. The molecule has 0 N–H and O–H groups in total. The SMILES string of the molecule is C=C1C2c3ccccc3-c3cccc[n+]3C2CCc2ccc3c(oc4nc(-c5c(C)cccc5C)ccc43)c2-c2cc(C)cc[n+]21. The van der Waals surface area contributed by atoms with Gasteiger partial charge in [-0.2, -0.15) is 9.13 Å². The maximum Gasteiger partial charge on any atom is 0.227 e. The molecular weight excluding hydrogens is 562 g/mol. The molecule has 2 unspecified atom stereocenters. The van der Waals surface area contributed by atoms with Gasteiger partial charge in [0.25, 0.3) is 0 Å². The van der Waals surface area contributed by atoms with E-state index < -0.39 is 0 Å². The summed E-state index contributed by atoms with van der Waals surface area (Å²) in [5.41, 5.74) is 15.8. The van der Waals surface area contributed by atoms with Gasteiger partial charge in [0.05, 0.1) is 16.8 Å². The van der Waals surface area contributed by atoms with Crippen LogP contribution in [-0.4, -0.2) is 4.98 Å². The highest BCUT2D eigenvalue weighted by atomic mass is 16.3. The third kappa shape index (κ3) is 3.89. The maximum absolute atomic E-state index is 6.83. The van der Waals surface area contributed by atoms with E-state index in [0.717, 1.165) is 51.8 Å². The molecule has 0 aliphatic carbocycles. The highest BCUT2D eigenvalue weighted by Crippen LogP contribution is 2.46. The van der Waals surface area contributed by atoms with E-state index in [9.17, 15) is 0 Å². The van der Waals surface area contributed by atoms with Crippen molar-refractivity contribution in [3.63, 3.8) is 0 Å². The second-order valence-corrected chi connectivity index (χ2v) is 13.0. The van der Waals surface area contributed by atoms with Gasteiger partial charge in [-0.15, -0.1) is 0 Å². The van der Waals surface area contributed by atoms with Crippen molar-refractivity contribution in [2.24, 2.45) is 0 Å². The van der Waals surface area contributed by atoms with Crippen molar-refractivity contribution >= 4 is 27.8 Å². The van der Waals surface area contributed by atoms with Crippen molar-refractivity contribution in [3.8, 4) is 33.8 Å². The number of aromatic nitrogens is 3. The minimum Gasteiger partial charge on any atom is -0.437 e. The largest absolute Gasteiger partial charge is 0.437 e. The molecule has 4 nitrogen and oxygen atoms in total. The van der Waals surface area contributed by atoms with E-state index in [1.165, 1.54) is 44.6 Å². The van der Waals surface area contributed by atoms with Gasteiger partial charge in [0.1, 0.15) is 5.92 Å². The van der Waals surface area contributed by atoms with Crippen LogP contribution in [-0.2, 0) is 6.42 Å². The molecule has 222 valence electrons. The van der Waals surface area contributed by atoms with Gasteiger partial charge in [-0.1, -0.05) is 48.5 Å². The second-order valence-electron chi connectivity index (χ2n) is 13.0. The summed E-state index contributed by atoms with van der Waals surface area (Å²) in [7, 11) is 0. The van der Waals surface area contributed by atoms with Crippen molar-refractivity contribution in [1.29, 1.82) is 0 Å². The molecule has 4 heteroatoms. The Kier molecular flexibility index (Phi) is 5.92. The number of aryl methyl sites for hydroxylation is 4. The maximum atomic E-state index is 6.83. The van der Waals surface area contributed by atoms with Gasteiger partial charge >= 0.3 is 0 Å². The Morgan fingerprint density at radius 1 is 0.761 bits per heavy atom. The van der Waals surface area contributed by atoms with E-state index in [1.54, 1.807) is 0 Å². The second kappa shape index (κ2) is 10.1. The Hall–Kier alpha value is -5.35. The fourth-order valence-electron chi connectivity index (χ4n) is 8.16. The predicted octanol–water partition coefficient (Wildman–Crippen LogP) is 9.24. The number of allylic oxidation sites excluding steroid dienone is 1. The molecule has 0 radical (unpaired) electrons. The Morgan fingerprint density at radius 2 is 1.57 bits per heavy atom. The van der Waals surface area contributed by atoms with Crippen LogP contribution in [0, 0.1) is 20.8 Å². The highest BCUT2D eigenvalue weighted by molar-refractivity contribution is 6.09. The first-order valence-corrected chi connectivity index (χ1v) is 16.2. The molecule has 0 saturated heterocycles. The third-order valence-corrected chi connectivity index (χ3v) is 10.3. The van der Waals surface area contributed by atoms with Crippen molar-refractivity contribution in [1.82, 2.24) is 4.98 Å². The third-order valence-electron chi connectivity index (χ3n) is 10.3. The van der Waals surface area contributed by atoms with Gasteiger partial charge in [-0.05, 0) is 85.9 Å². The smallest absolute Gasteiger partial charge is 0.227 e. The van der Waals surface area contributed by atoms with Crippen LogP contribution in [0.25, 0.3) is 61.5 Å². The highest BCUT2D eigenvalue weighted by Gasteiger charge is 2.46. The minimum absolute atomic E-state index is 0.115. The molecule has 6 heterocycles. The zero-order chi connectivity index (χ0) is 31.1. The lowest BCUT2D eigenvalue weighted by Gasteiger charge is -2.29. The minimum atomic E-state index is 0.115. The van der Waals surface area contributed by atoms with Gasteiger partial charge < -0.3 is 4.42 Å². The molecule has 0 fully saturated rings. The Labute approximate surface area is 268 Å². The lowest BCUT2D eigenvalue weighted by atomic mass is 9.79. The molecule has 0 amide bonds. The number of furan rings is 1. The van der Waals surface area contributed by atoms with Crippen LogP contribution in [0.4, 0.5) is 0 Å². The molecule has 3 aromatic carbocycles. The fourth-order valence-corrected chi connectivity index (χ4v) is 8.16. The molecule has 0 saturated carbocycles. The number of pyridine rings is 3. The quantitative estimate of drug-likeness (QED) is 0.177. The topological polar surface area (TPSA) is 33.8 Å². The zero-order valence-electron chi connectivity index (χ0n) is 26.4. The van der Waals surface area contributed by atoms with Crippen LogP contribution in [0.2, 0.25) is 0 Å². The van der Waals surface area contributed by atoms with Crippen molar-refractivity contribution < 1.29 is 13.6 Å². The number of benzene rings is 3. The summed E-state index contributed by atoms with van der Waals surface area (Å²) >= 11 is 0. The molecule has 0 spiro atoms. The Bertz CT molecular complexity index is 2380. The van der Waals surface area contributed by atoms with Gasteiger partial charge in [0.2, 0.25) is 17.1 Å². The Morgan fingerprint density at radius 3 is 2.43 bits per heavy atom. The van der Waals surface area contributed by atoms with Crippen LogP contribution in [0.1, 0.15) is 46.2 Å². The summed E-state index contributed by atoms with van der Waals surface area (Å²) in [5, 5.41) is 2.13. The summed E-state index contributed by atoms with van der Waals surface area (Å²) in [5.74, 6) is 0.115. The number of hydrogen-bond donors (Lipinski definition) is 0. The number of rotatable bonds is 1.